The zero-order valence-corrected chi connectivity index (χ0v) is 21.2. The van der Waals surface area contributed by atoms with Crippen LogP contribution in [0.2, 0.25) is 0 Å². The fourth-order valence-electron chi connectivity index (χ4n) is 4.63. The lowest BCUT2D eigenvalue weighted by atomic mass is 9.84. The van der Waals surface area contributed by atoms with Crippen LogP contribution in [0.3, 0.4) is 0 Å². The standard InChI is InChI=1S/C28H29F3N4O4/c1-38-23-14-19(17-5-3-2-4-6-17)11-12-20(23)25(28(29,30)31)39-24-15-22(34-27(33)35-24)18-9-7-16(8-10-18)13-21(32)26(36)37/h2-6,9,11-12,14-16,21,25H,7-8,10,13,32H2,1H3,(H,36,37)(H2,33,34,35). The molecule has 2 aromatic carbocycles. The Labute approximate surface area is 223 Å². The maximum Gasteiger partial charge on any atom is 0.429 e. The van der Waals surface area contributed by atoms with E-state index in [1.807, 2.05) is 36.4 Å². The Kier molecular flexibility index (Phi) is 8.39. The highest BCUT2D eigenvalue weighted by molar-refractivity contribution is 5.73. The van der Waals surface area contributed by atoms with Crippen LogP contribution in [0.15, 0.2) is 60.7 Å². The molecule has 3 unspecified atom stereocenters. The second-order valence-corrected chi connectivity index (χ2v) is 9.36. The first kappa shape index (κ1) is 27.9. The molecule has 0 bridgehead atoms. The zero-order valence-electron chi connectivity index (χ0n) is 21.2. The second kappa shape index (κ2) is 11.7. The predicted octanol–water partition coefficient (Wildman–Crippen LogP) is 5.40. The van der Waals surface area contributed by atoms with E-state index in [-0.39, 0.29) is 29.1 Å². The predicted molar refractivity (Wildman–Crippen MR) is 140 cm³/mol. The van der Waals surface area contributed by atoms with Gasteiger partial charge in [-0.15, -0.1) is 0 Å². The fourth-order valence-corrected chi connectivity index (χ4v) is 4.63. The quantitative estimate of drug-likeness (QED) is 0.327. The summed E-state index contributed by atoms with van der Waals surface area (Å²) >= 11 is 0. The Hall–Kier alpha value is -4.12. The number of methoxy groups -OCH3 is 1. The van der Waals surface area contributed by atoms with E-state index >= 15 is 0 Å². The molecule has 4 rings (SSSR count). The summed E-state index contributed by atoms with van der Waals surface area (Å²) in [6, 6.07) is 14.0. The molecular weight excluding hydrogens is 513 g/mol. The number of halogens is 3. The number of allylic oxidation sites excluding steroid dienone is 2. The number of carbonyl (C=O) groups is 1. The molecule has 0 amide bonds. The van der Waals surface area contributed by atoms with Crippen LogP contribution in [-0.4, -0.2) is 40.4 Å². The van der Waals surface area contributed by atoms with Gasteiger partial charge in [-0.05, 0) is 54.4 Å². The van der Waals surface area contributed by atoms with Crippen LogP contribution in [0.4, 0.5) is 19.1 Å². The number of aliphatic carboxylic acids is 1. The maximum absolute atomic E-state index is 14.3. The molecule has 5 N–H and O–H groups in total. The number of carboxylic acids is 1. The van der Waals surface area contributed by atoms with Crippen LogP contribution >= 0.6 is 0 Å². The van der Waals surface area contributed by atoms with Crippen molar-refractivity contribution in [2.24, 2.45) is 11.7 Å². The third-order valence-corrected chi connectivity index (χ3v) is 6.63. The second-order valence-electron chi connectivity index (χ2n) is 9.36. The molecule has 0 spiro atoms. The van der Waals surface area contributed by atoms with Crippen molar-refractivity contribution < 1.29 is 32.5 Å². The first-order valence-corrected chi connectivity index (χ1v) is 12.3. The average Bonchev–Trinajstić information content (AvgIpc) is 2.91. The molecule has 0 fully saturated rings. The minimum Gasteiger partial charge on any atom is -0.496 e. The fraction of sp³-hybridized carbons (Fsp3) is 0.321. The van der Waals surface area contributed by atoms with Crippen molar-refractivity contribution in [2.75, 3.05) is 12.8 Å². The van der Waals surface area contributed by atoms with Gasteiger partial charge >= 0.3 is 12.1 Å². The van der Waals surface area contributed by atoms with Gasteiger partial charge in [-0.1, -0.05) is 48.5 Å². The third-order valence-electron chi connectivity index (χ3n) is 6.63. The highest BCUT2D eigenvalue weighted by atomic mass is 19.4. The van der Waals surface area contributed by atoms with Crippen LogP contribution in [0.1, 0.15) is 43.0 Å². The minimum atomic E-state index is -4.79. The molecule has 8 nitrogen and oxygen atoms in total. The number of rotatable bonds is 9. The number of alkyl halides is 3. The molecule has 1 aliphatic rings. The summed E-state index contributed by atoms with van der Waals surface area (Å²) < 4.78 is 53.6. The van der Waals surface area contributed by atoms with Crippen molar-refractivity contribution in [3.8, 4) is 22.8 Å². The van der Waals surface area contributed by atoms with E-state index < -0.39 is 24.3 Å². The number of nitrogen functional groups attached to an aromatic ring is 1. The molecule has 39 heavy (non-hydrogen) atoms. The molecule has 0 aliphatic heterocycles. The Morgan fingerprint density at radius 3 is 2.49 bits per heavy atom. The lowest BCUT2D eigenvalue weighted by molar-refractivity contribution is -0.199. The summed E-state index contributed by atoms with van der Waals surface area (Å²) in [5.41, 5.74) is 13.9. The van der Waals surface area contributed by atoms with Crippen molar-refractivity contribution in [2.45, 2.75) is 44.0 Å². The summed E-state index contributed by atoms with van der Waals surface area (Å²) in [7, 11) is 1.30. The van der Waals surface area contributed by atoms with Crippen molar-refractivity contribution in [1.29, 1.82) is 0 Å². The van der Waals surface area contributed by atoms with Gasteiger partial charge in [0.2, 0.25) is 17.9 Å². The van der Waals surface area contributed by atoms with Crippen LogP contribution in [0, 0.1) is 5.92 Å². The first-order chi connectivity index (χ1) is 18.5. The number of nitrogens with zero attached hydrogens (tertiary/aromatic N) is 2. The highest BCUT2D eigenvalue weighted by Crippen LogP contribution is 2.42. The summed E-state index contributed by atoms with van der Waals surface area (Å²) in [5, 5.41) is 9.04. The van der Waals surface area contributed by atoms with E-state index in [0.717, 1.165) is 11.1 Å². The maximum atomic E-state index is 14.3. The molecular formula is C28H29F3N4O4. The summed E-state index contributed by atoms with van der Waals surface area (Å²) in [6.45, 7) is 0. The van der Waals surface area contributed by atoms with Crippen LogP contribution in [-0.2, 0) is 4.79 Å². The minimum absolute atomic E-state index is 0.0153. The van der Waals surface area contributed by atoms with Crippen molar-refractivity contribution in [3.05, 3.63) is 71.9 Å². The first-order valence-electron chi connectivity index (χ1n) is 12.3. The number of hydrogen-bond acceptors (Lipinski definition) is 7. The zero-order chi connectivity index (χ0) is 28.2. The molecule has 1 aliphatic carbocycles. The Morgan fingerprint density at radius 2 is 1.87 bits per heavy atom. The highest BCUT2D eigenvalue weighted by Gasteiger charge is 2.45. The summed E-state index contributed by atoms with van der Waals surface area (Å²) in [6.07, 6.45) is -3.21. The van der Waals surface area contributed by atoms with Gasteiger partial charge in [0.25, 0.3) is 0 Å². The number of ether oxygens (including phenoxy) is 2. The number of hydrogen-bond donors (Lipinski definition) is 3. The molecule has 0 saturated carbocycles. The van der Waals surface area contributed by atoms with E-state index in [4.69, 9.17) is 26.0 Å². The number of anilines is 1. The molecule has 206 valence electrons. The van der Waals surface area contributed by atoms with Gasteiger partial charge in [-0.3, -0.25) is 4.79 Å². The monoisotopic (exact) mass is 542 g/mol. The van der Waals surface area contributed by atoms with Gasteiger partial charge in [-0.2, -0.15) is 18.2 Å². The number of benzene rings is 2. The van der Waals surface area contributed by atoms with Crippen molar-refractivity contribution in [3.63, 3.8) is 0 Å². The van der Waals surface area contributed by atoms with Crippen LogP contribution in [0.25, 0.3) is 16.7 Å². The average molecular weight is 543 g/mol. The van der Waals surface area contributed by atoms with Gasteiger partial charge in [0.05, 0.1) is 12.8 Å². The largest absolute Gasteiger partial charge is 0.496 e. The number of aromatic nitrogens is 2. The molecule has 3 aromatic rings. The summed E-state index contributed by atoms with van der Waals surface area (Å²) in [4.78, 5) is 19.1. The smallest absolute Gasteiger partial charge is 0.429 e. The Morgan fingerprint density at radius 1 is 1.13 bits per heavy atom. The van der Waals surface area contributed by atoms with E-state index in [1.165, 1.54) is 25.3 Å². The van der Waals surface area contributed by atoms with Gasteiger partial charge in [0.1, 0.15) is 11.8 Å². The van der Waals surface area contributed by atoms with E-state index in [0.29, 0.717) is 36.9 Å². The molecule has 11 heteroatoms. The topological polar surface area (TPSA) is 134 Å². The van der Waals surface area contributed by atoms with Gasteiger partial charge in [0.15, 0.2) is 0 Å². The van der Waals surface area contributed by atoms with Gasteiger partial charge in [0, 0.05) is 11.6 Å². The van der Waals surface area contributed by atoms with Crippen molar-refractivity contribution in [1.82, 2.24) is 9.97 Å². The molecule has 0 saturated heterocycles. The summed E-state index contributed by atoms with van der Waals surface area (Å²) in [5.74, 6) is -1.52. The third kappa shape index (κ3) is 6.85. The lowest BCUT2D eigenvalue weighted by Crippen LogP contribution is -2.32. The van der Waals surface area contributed by atoms with Crippen LogP contribution < -0.4 is 20.9 Å². The Balaban J connectivity index is 1.60. The molecule has 0 radical (unpaired) electrons. The SMILES string of the molecule is COc1cc(-c2ccccc2)ccc1C(Oc1cc(C2=CCC(CC(N)C(=O)O)CC2)nc(N)n1)C(F)(F)F. The molecule has 1 heterocycles. The van der Waals surface area contributed by atoms with Gasteiger partial charge < -0.3 is 26.0 Å². The number of nitrogens with two attached hydrogens (primary N) is 2. The van der Waals surface area contributed by atoms with Crippen LogP contribution in [0.5, 0.6) is 11.6 Å². The molecule has 3 atom stereocenters. The Bertz CT molecular complexity index is 1350. The van der Waals surface area contributed by atoms with Gasteiger partial charge in [-0.25, -0.2) is 4.98 Å². The lowest BCUT2D eigenvalue weighted by Gasteiger charge is -2.25. The molecule has 1 aromatic heterocycles. The van der Waals surface area contributed by atoms with E-state index in [9.17, 15) is 18.0 Å². The van der Waals surface area contributed by atoms with E-state index in [1.54, 1.807) is 6.07 Å². The normalized spacial score (nSPS) is 17.2. The van der Waals surface area contributed by atoms with E-state index in [2.05, 4.69) is 9.97 Å². The van der Waals surface area contributed by atoms with Crippen molar-refractivity contribution >= 4 is 17.5 Å². The number of carboxylic acid groups (broad SMARTS) is 1.